The molecule has 0 bridgehead atoms. The maximum Gasteiger partial charge on any atom is 0.267 e. The molecule has 1 aromatic carbocycles. The van der Waals surface area contributed by atoms with Crippen LogP contribution in [0.1, 0.15) is 16.7 Å². The van der Waals surface area contributed by atoms with Crippen molar-refractivity contribution in [3.8, 4) is 0 Å². The first-order valence-electron chi connectivity index (χ1n) is 5.59. The molecule has 0 saturated carbocycles. The smallest absolute Gasteiger partial charge is 0.267 e. The Morgan fingerprint density at radius 1 is 1.47 bits per heavy atom. The second kappa shape index (κ2) is 5.27. The fraction of sp³-hybridized carbons (Fsp3) is 0.154. The molecule has 98 valence electrons. The quantitative estimate of drug-likeness (QED) is 0.861. The molecule has 0 aliphatic heterocycles. The normalized spacial score (nSPS) is 10.4. The van der Waals surface area contributed by atoms with Crippen molar-refractivity contribution in [2.75, 3.05) is 0 Å². The second-order valence-corrected chi connectivity index (χ2v) is 4.64. The van der Waals surface area contributed by atoms with Crippen molar-refractivity contribution in [3.05, 3.63) is 63.3 Å². The molecule has 2 rings (SSSR count). The van der Waals surface area contributed by atoms with E-state index in [-0.39, 0.29) is 17.1 Å². The van der Waals surface area contributed by atoms with E-state index in [1.165, 1.54) is 28.9 Å². The van der Waals surface area contributed by atoms with Gasteiger partial charge in [0.15, 0.2) is 0 Å². The fourth-order valence-electron chi connectivity index (χ4n) is 1.65. The Morgan fingerprint density at radius 2 is 2.21 bits per heavy atom. The van der Waals surface area contributed by atoms with E-state index in [1.807, 2.05) is 0 Å². The molecule has 0 atom stereocenters. The fourth-order valence-corrected chi connectivity index (χ4v) is 1.78. The van der Waals surface area contributed by atoms with Crippen LogP contribution in [-0.4, -0.2) is 14.8 Å². The van der Waals surface area contributed by atoms with Crippen molar-refractivity contribution < 1.29 is 4.39 Å². The summed E-state index contributed by atoms with van der Waals surface area (Å²) in [6.45, 7) is 1.81. The molecule has 0 radical (unpaired) electrons. The Bertz CT molecular complexity index is 697. The highest BCUT2D eigenvalue weighted by molar-refractivity contribution is 7.80. The highest BCUT2D eigenvalue weighted by Gasteiger charge is 2.07. The highest BCUT2D eigenvalue weighted by atomic mass is 32.1. The molecule has 0 unspecified atom stereocenters. The number of halogens is 1. The molecule has 0 saturated heterocycles. The van der Waals surface area contributed by atoms with Gasteiger partial charge in [0.05, 0.1) is 12.7 Å². The summed E-state index contributed by atoms with van der Waals surface area (Å²) < 4.78 is 14.9. The van der Waals surface area contributed by atoms with Gasteiger partial charge in [-0.15, -0.1) is 0 Å². The Morgan fingerprint density at radius 3 is 2.84 bits per heavy atom. The van der Waals surface area contributed by atoms with Crippen LogP contribution in [0.3, 0.4) is 0 Å². The number of nitrogens with zero attached hydrogens (tertiary/aromatic N) is 2. The molecule has 0 amide bonds. The first kappa shape index (κ1) is 13.4. The van der Waals surface area contributed by atoms with Crippen LogP contribution in [0.2, 0.25) is 0 Å². The summed E-state index contributed by atoms with van der Waals surface area (Å²) in [5.74, 6) is -0.422. The first-order valence-corrected chi connectivity index (χ1v) is 6.00. The van der Waals surface area contributed by atoms with Crippen LogP contribution in [0.25, 0.3) is 0 Å². The Kier molecular flexibility index (Phi) is 3.71. The van der Waals surface area contributed by atoms with Crippen LogP contribution in [0, 0.1) is 12.7 Å². The minimum Gasteiger partial charge on any atom is -0.389 e. The lowest BCUT2D eigenvalue weighted by Crippen LogP contribution is -2.23. The molecule has 0 aliphatic rings. The van der Waals surface area contributed by atoms with Gasteiger partial charge in [-0.3, -0.25) is 4.79 Å². The van der Waals surface area contributed by atoms with Gasteiger partial charge < -0.3 is 5.73 Å². The van der Waals surface area contributed by atoms with E-state index in [0.29, 0.717) is 11.1 Å². The minimum absolute atomic E-state index is 0.0431. The van der Waals surface area contributed by atoms with Crippen molar-refractivity contribution >= 4 is 17.2 Å². The van der Waals surface area contributed by atoms with Crippen molar-refractivity contribution in [2.24, 2.45) is 5.73 Å². The third-order valence-corrected chi connectivity index (χ3v) is 2.89. The average molecular weight is 277 g/mol. The van der Waals surface area contributed by atoms with Gasteiger partial charge in [-0.1, -0.05) is 12.2 Å². The number of nitrogens with two attached hydrogens (primary N) is 1. The Hall–Kier alpha value is -2.08. The molecule has 0 fully saturated rings. The molecule has 1 heterocycles. The number of aromatic nitrogens is 2. The number of benzene rings is 1. The highest BCUT2D eigenvalue weighted by Crippen LogP contribution is 2.11. The van der Waals surface area contributed by atoms with Crippen LogP contribution in [0.4, 0.5) is 4.39 Å². The number of thiocarbonyl (C=S) groups is 1. The van der Waals surface area contributed by atoms with E-state index in [4.69, 9.17) is 18.0 Å². The molecule has 4 nitrogen and oxygen atoms in total. The largest absolute Gasteiger partial charge is 0.389 e. The van der Waals surface area contributed by atoms with Crippen molar-refractivity contribution in [1.82, 2.24) is 9.78 Å². The summed E-state index contributed by atoms with van der Waals surface area (Å²) >= 11 is 4.84. The van der Waals surface area contributed by atoms with Gasteiger partial charge in [0, 0.05) is 17.2 Å². The van der Waals surface area contributed by atoms with Crippen molar-refractivity contribution in [1.29, 1.82) is 0 Å². The van der Waals surface area contributed by atoms with E-state index in [9.17, 15) is 9.18 Å². The van der Waals surface area contributed by atoms with Gasteiger partial charge >= 0.3 is 0 Å². The summed E-state index contributed by atoms with van der Waals surface area (Å²) in [6.07, 6.45) is 1.55. The molecule has 1 aromatic heterocycles. The predicted molar refractivity (Wildman–Crippen MR) is 74.6 cm³/mol. The number of hydrogen-bond donors (Lipinski definition) is 1. The zero-order valence-electron chi connectivity index (χ0n) is 10.3. The van der Waals surface area contributed by atoms with Crippen LogP contribution in [0.5, 0.6) is 0 Å². The number of aryl methyl sites for hydroxylation is 1. The molecular formula is C13H12FN3OS. The maximum atomic E-state index is 13.7. The SMILES string of the molecule is Cc1cnn(Cc2cc(C(N)=S)ccc2F)c(=O)c1. The molecule has 19 heavy (non-hydrogen) atoms. The van der Waals surface area contributed by atoms with E-state index < -0.39 is 5.82 Å². The Balaban J connectivity index is 2.40. The summed E-state index contributed by atoms with van der Waals surface area (Å²) in [5, 5.41) is 3.96. The van der Waals surface area contributed by atoms with E-state index in [2.05, 4.69) is 5.10 Å². The third kappa shape index (κ3) is 3.03. The van der Waals surface area contributed by atoms with Gasteiger partial charge in [-0.2, -0.15) is 5.10 Å². The van der Waals surface area contributed by atoms with E-state index >= 15 is 0 Å². The summed E-state index contributed by atoms with van der Waals surface area (Å²) in [7, 11) is 0. The lowest BCUT2D eigenvalue weighted by Gasteiger charge is -2.07. The topological polar surface area (TPSA) is 60.9 Å². The molecule has 0 spiro atoms. The van der Waals surface area contributed by atoms with Crippen molar-refractivity contribution in [3.63, 3.8) is 0 Å². The number of hydrogen-bond acceptors (Lipinski definition) is 3. The first-order chi connectivity index (χ1) is 8.97. The van der Waals surface area contributed by atoms with Gasteiger partial charge in [0.1, 0.15) is 10.8 Å². The van der Waals surface area contributed by atoms with E-state index in [0.717, 1.165) is 5.56 Å². The summed E-state index contributed by atoms with van der Waals surface area (Å²) in [5.41, 5.74) is 6.87. The van der Waals surface area contributed by atoms with Gasteiger partial charge in [0.25, 0.3) is 5.56 Å². The predicted octanol–water partition coefficient (Wildman–Crippen LogP) is 1.37. The molecule has 2 aromatic rings. The Labute approximate surface area is 114 Å². The zero-order valence-corrected chi connectivity index (χ0v) is 11.1. The summed E-state index contributed by atoms with van der Waals surface area (Å²) in [6, 6.07) is 5.77. The zero-order chi connectivity index (χ0) is 14.0. The monoisotopic (exact) mass is 277 g/mol. The van der Waals surface area contributed by atoms with E-state index in [1.54, 1.807) is 13.1 Å². The van der Waals surface area contributed by atoms with Gasteiger partial charge in [-0.05, 0) is 30.7 Å². The third-order valence-electron chi connectivity index (χ3n) is 2.66. The second-order valence-electron chi connectivity index (χ2n) is 4.20. The van der Waals surface area contributed by atoms with Gasteiger partial charge in [0.2, 0.25) is 0 Å². The minimum atomic E-state index is -0.422. The molecule has 0 aliphatic carbocycles. The van der Waals surface area contributed by atoms with Gasteiger partial charge in [-0.25, -0.2) is 9.07 Å². The lowest BCUT2D eigenvalue weighted by atomic mass is 10.1. The lowest BCUT2D eigenvalue weighted by molar-refractivity contribution is 0.571. The maximum absolute atomic E-state index is 13.7. The molecule has 6 heteroatoms. The van der Waals surface area contributed by atoms with Crippen molar-refractivity contribution in [2.45, 2.75) is 13.5 Å². The molecule has 2 N–H and O–H groups in total. The summed E-state index contributed by atoms with van der Waals surface area (Å²) in [4.78, 5) is 11.9. The number of rotatable bonds is 3. The van der Waals surface area contributed by atoms with Crippen LogP contribution in [-0.2, 0) is 6.54 Å². The van der Waals surface area contributed by atoms with Crippen LogP contribution >= 0.6 is 12.2 Å². The van der Waals surface area contributed by atoms with Crippen LogP contribution < -0.4 is 11.3 Å². The van der Waals surface area contributed by atoms with Crippen LogP contribution in [0.15, 0.2) is 35.3 Å². The molecular weight excluding hydrogens is 265 g/mol. The average Bonchev–Trinajstić information content (AvgIpc) is 2.34. The standard InChI is InChI=1S/C13H12FN3OS/c1-8-4-12(18)17(16-6-8)7-10-5-9(13(15)19)2-3-11(10)14/h2-6H,7H2,1H3,(H2,15,19).